The van der Waals surface area contributed by atoms with Crippen LogP contribution in [-0.4, -0.2) is 26.5 Å². The molecule has 23 heavy (non-hydrogen) atoms. The lowest BCUT2D eigenvalue weighted by Crippen LogP contribution is -2.31. The highest BCUT2D eigenvalue weighted by Gasteiger charge is 2.25. The molecule has 0 spiro atoms. The van der Waals surface area contributed by atoms with Gasteiger partial charge in [0, 0.05) is 24.8 Å². The molecule has 7 nitrogen and oxygen atoms in total. The Labute approximate surface area is 134 Å². The van der Waals surface area contributed by atoms with Gasteiger partial charge >= 0.3 is 0 Å². The van der Waals surface area contributed by atoms with Crippen molar-refractivity contribution < 1.29 is 17.7 Å². The van der Waals surface area contributed by atoms with E-state index in [1.54, 1.807) is 44.0 Å². The van der Waals surface area contributed by atoms with Crippen LogP contribution >= 0.6 is 0 Å². The maximum absolute atomic E-state index is 12.5. The number of hydrogen-bond acceptors (Lipinski definition) is 5. The summed E-state index contributed by atoms with van der Waals surface area (Å²) in [6.45, 7) is 3.14. The summed E-state index contributed by atoms with van der Waals surface area (Å²) in [4.78, 5) is 13.3. The molecule has 2 heterocycles. The number of aryl methyl sites for hydroxylation is 3. The van der Waals surface area contributed by atoms with Crippen LogP contribution in [0.1, 0.15) is 23.4 Å². The second-order valence-electron chi connectivity index (χ2n) is 5.56. The molecule has 1 aliphatic rings. The summed E-state index contributed by atoms with van der Waals surface area (Å²) in [5.41, 5.74) is 2.51. The van der Waals surface area contributed by atoms with Crippen LogP contribution in [0.2, 0.25) is 0 Å². The normalized spacial score (nSPS) is 14.7. The molecular weight excluding hydrogens is 318 g/mol. The first-order chi connectivity index (χ1) is 10.8. The van der Waals surface area contributed by atoms with Crippen molar-refractivity contribution in [3.63, 3.8) is 0 Å². The number of fused-ring (bicyclic) bond motifs is 1. The van der Waals surface area contributed by atoms with E-state index in [-0.39, 0.29) is 16.6 Å². The third-order valence-corrected chi connectivity index (χ3v) is 5.54. The van der Waals surface area contributed by atoms with Gasteiger partial charge in [0.25, 0.3) is 10.0 Å². The molecule has 0 atom stereocenters. The van der Waals surface area contributed by atoms with Crippen molar-refractivity contribution >= 4 is 27.3 Å². The third-order valence-electron chi connectivity index (χ3n) is 3.91. The van der Waals surface area contributed by atoms with Crippen LogP contribution in [-0.2, 0) is 21.2 Å². The Bertz CT molecular complexity index is 867. The number of hydrogen-bond donors (Lipinski definition) is 1. The Hall–Kier alpha value is -2.35. The zero-order chi connectivity index (χ0) is 16.8. The minimum absolute atomic E-state index is 0.0570. The van der Waals surface area contributed by atoms with Crippen LogP contribution in [0.3, 0.4) is 0 Å². The van der Waals surface area contributed by atoms with Crippen LogP contribution < -0.4 is 9.62 Å². The molecule has 8 heteroatoms. The molecule has 0 radical (unpaired) electrons. The van der Waals surface area contributed by atoms with Crippen LogP contribution in [0.25, 0.3) is 0 Å². The average Bonchev–Trinajstić information content (AvgIpc) is 2.82. The fourth-order valence-electron chi connectivity index (χ4n) is 2.78. The lowest BCUT2D eigenvalue weighted by molar-refractivity contribution is -0.118. The fraction of sp³-hybridized carbons (Fsp3) is 0.333. The first-order valence-corrected chi connectivity index (χ1v) is 8.63. The van der Waals surface area contributed by atoms with Crippen molar-refractivity contribution in [3.05, 3.63) is 35.2 Å². The Kier molecular flexibility index (Phi) is 3.63. The van der Waals surface area contributed by atoms with Gasteiger partial charge < -0.3 is 9.42 Å². The van der Waals surface area contributed by atoms with Crippen molar-refractivity contribution in [1.29, 1.82) is 0 Å². The van der Waals surface area contributed by atoms with Gasteiger partial charge in [-0.25, -0.2) is 8.42 Å². The highest BCUT2D eigenvalue weighted by atomic mass is 32.2. The Balaban J connectivity index is 1.94. The summed E-state index contributed by atoms with van der Waals surface area (Å²) in [5.74, 6) is 0.305. The number of nitrogens with zero attached hydrogens (tertiary/aromatic N) is 2. The standard InChI is InChI=1S/C15H17N3O4S/c1-9-15(10(2)22-16-9)23(20,21)17-12-5-6-13-11(8-12)4-7-14(19)18(13)3/h5-6,8,17H,4,7H2,1-3H3. The lowest BCUT2D eigenvalue weighted by Gasteiger charge is -2.26. The molecule has 0 saturated carbocycles. The minimum atomic E-state index is -3.77. The number of sulfonamides is 1. The molecule has 0 unspecified atom stereocenters. The van der Waals surface area contributed by atoms with Crippen molar-refractivity contribution in [1.82, 2.24) is 5.16 Å². The number of carbonyl (C=O) groups excluding carboxylic acids is 1. The van der Waals surface area contributed by atoms with Crippen molar-refractivity contribution in [2.75, 3.05) is 16.7 Å². The van der Waals surface area contributed by atoms with Crippen LogP contribution in [0.4, 0.5) is 11.4 Å². The van der Waals surface area contributed by atoms with Crippen molar-refractivity contribution in [2.24, 2.45) is 0 Å². The largest absolute Gasteiger partial charge is 0.360 e. The third kappa shape index (κ3) is 2.70. The van der Waals surface area contributed by atoms with E-state index in [1.165, 1.54) is 0 Å². The van der Waals surface area contributed by atoms with E-state index in [2.05, 4.69) is 9.88 Å². The van der Waals surface area contributed by atoms with E-state index in [0.717, 1.165) is 11.3 Å². The maximum Gasteiger partial charge on any atom is 0.267 e. The molecule has 1 aliphatic heterocycles. The lowest BCUT2D eigenvalue weighted by atomic mass is 10.0. The van der Waals surface area contributed by atoms with Gasteiger partial charge in [-0.2, -0.15) is 0 Å². The number of rotatable bonds is 3. The Morgan fingerprint density at radius 1 is 1.26 bits per heavy atom. The van der Waals surface area contributed by atoms with E-state index >= 15 is 0 Å². The molecule has 1 amide bonds. The van der Waals surface area contributed by atoms with Gasteiger partial charge in [-0.3, -0.25) is 9.52 Å². The summed E-state index contributed by atoms with van der Waals surface area (Å²) < 4.78 is 32.5. The van der Waals surface area contributed by atoms with Gasteiger partial charge in [-0.15, -0.1) is 0 Å². The van der Waals surface area contributed by atoms with Gasteiger partial charge in [0.2, 0.25) is 5.91 Å². The predicted molar refractivity (Wildman–Crippen MR) is 85.0 cm³/mol. The Morgan fingerprint density at radius 2 is 2.00 bits per heavy atom. The van der Waals surface area contributed by atoms with E-state index in [0.29, 0.717) is 24.2 Å². The van der Waals surface area contributed by atoms with Gasteiger partial charge in [0.15, 0.2) is 10.7 Å². The number of aromatic nitrogens is 1. The quantitative estimate of drug-likeness (QED) is 0.926. The molecule has 3 rings (SSSR count). The second kappa shape index (κ2) is 5.38. The van der Waals surface area contributed by atoms with E-state index in [4.69, 9.17) is 4.52 Å². The number of benzene rings is 1. The summed E-state index contributed by atoms with van der Waals surface area (Å²) in [6, 6.07) is 5.15. The monoisotopic (exact) mass is 335 g/mol. The first kappa shape index (κ1) is 15.5. The molecule has 0 bridgehead atoms. The van der Waals surface area contributed by atoms with Crippen LogP contribution in [0.5, 0.6) is 0 Å². The zero-order valence-corrected chi connectivity index (χ0v) is 13.9. The van der Waals surface area contributed by atoms with Crippen LogP contribution in [0, 0.1) is 13.8 Å². The molecule has 2 aromatic rings. The molecule has 0 saturated heterocycles. The highest BCUT2D eigenvalue weighted by Crippen LogP contribution is 2.30. The van der Waals surface area contributed by atoms with E-state index < -0.39 is 10.0 Å². The van der Waals surface area contributed by atoms with Gasteiger partial charge in [0.05, 0.1) is 0 Å². The molecular formula is C15H17N3O4S. The summed E-state index contributed by atoms with van der Waals surface area (Å²) in [7, 11) is -2.05. The maximum atomic E-state index is 12.5. The first-order valence-electron chi connectivity index (χ1n) is 7.15. The Morgan fingerprint density at radius 3 is 2.65 bits per heavy atom. The summed E-state index contributed by atoms with van der Waals surface area (Å²) in [6.07, 6.45) is 1.02. The topological polar surface area (TPSA) is 92.5 Å². The predicted octanol–water partition coefficient (Wildman–Crippen LogP) is 2.00. The van der Waals surface area contributed by atoms with Gasteiger partial charge in [0.1, 0.15) is 5.69 Å². The highest BCUT2D eigenvalue weighted by molar-refractivity contribution is 7.92. The zero-order valence-electron chi connectivity index (χ0n) is 13.1. The number of anilines is 2. The SMILES string of the molecule is Cc1noc(C)c1S(=O)(=O)Nc1ccc2c(c1)CCC(=O)N2C. The van der Waals surface area contributed by atoms with E-state index in [1.807, 2.05) is 0 Å². The molecule has 1 N–H and O–H groups in total. The van der Waals surface area contributed by atoms with Gasteiger partial charge in [-0.05, 0) is 44.0 Å². The molecule has 122 valence electrons. The molecule has 1 aromatic carbocycles. The second-order valence-corrected chi connectivity index (χ2v) is 7.17. The van der Waals surface area contributed by atoms with Crippen molar-refractivity contribution in [3.8, 4) is 0 Å². The van der Waals surface area contributed by atoms with Crippen molar-refractivity contribution in [2.45, 2.75) is 31.6 Å². The van der Waals surface area contributed by atoms with Gasteiger partial charge in [-0.1, -0.05) is 5.16 Å². The average molecular weight is 335 g/mol. The fourth-order valence-corrected chi connectivity index (χ4v) is 4.17. The molecule has 0 aliphatic carbocycles. The van der Waals surface area contributed by atoms with E-state index in [9.17, 15) is 13.2 Å². The van der Waals surface area contributed by atoms with Crippen LogP contribution in [0.15, 0.2) is 27.6 Å². The molecule has 0 fully saturated rings. The smallest absolute Gasteiger partial charge is 0.267 e. The summed E-state index contributed by atoms with van der Waals surface area (Å²) in [5, 5.41) is 3.67. The molecule has 1 aromatic heterocycles. The number of amides is 1. The number of carbonyl (C=O) groups is 1. The number of nitrogens with one attached hydrogen (secondary N) is 1. The minimum Gasteiger partial charge on any atom is -0.360 e. The summed E-state index contributed by atoms with van der Waals surface area (Å²) >= 11 is 0.